The first-order valence-electron chi connectivity index (χ1n) is 7.39. The number of rotatable bonds is 5. The van der Waals surface area contributed by atoms with Crippen molar-refractivity contribution in [2.75, 3.05) is 0 Å². The Balaban J connectivity index is 1.87. The van der Waals surface area contributed by atoms with Gasteiger partial charge in [0.25, 0.3) is 0 Å². The quantitative estimate of drug-likeness (QED) is 0.766. The first-order valence-corrected chi connectivity index (χ1v) is 7.77. The molecule has 23 heavy (non-hydrogen) atoms. The molecule has 0 heterocycles. The van der Waals surface area contributed by atoms with Gasteiger partial charge in [0.15, 0.2) is 0 Å². The number of carbonyl (C=O) groups is 1. The van der Waals surface area contributed by atoms with Gasteiger partial charge < -0.3 is 20.5 Å². The highest BCUT2D eigenvalue weighted by molar-refractivity contribution is 6.30. The number of carbonyl (C=O) groups excluding carboxylic acids is 1. The second-order valence-electron chi connectivity index (χ2n) is 5.46. The average molecular weight is 349 g/mol. The van der Waals surface area contributed by atoms with Crippen molar-refractivity contribution in [3.63, 3.8) is 0 Å². The molecule has 1 aromatic carbocycles. The van der Waals surface area contributed by atoms with Crippen LogP contribution in [0.2, 0.25) is 5.02 Å². The third-order valence-electron chi connectivity index (χ3n) is 3.71. The largest absolute Gasteiger partial charge is 0.434 e. The Kier molecular flexibility index (Phi) is 6.41. The van der Waals surface area contributed by atoms with Gasteiger partial charge in [-0.25, -0.2) is 4.79 Å². The van der Waals surface area contributed by atoms with E-state index in [2.05, 4.69) is 15.4 Å². The van der Waals surface area contributed by atoms with Crippen molar-refractivity contribution in [2.24, 2.45) is 0 Å². The maximum absolute atomic E-state index is 12.4. The van der Waals surface area contributed by atoms with Crippen LogP contribution in [0, 0.1) is 0 Å². The van der Waals surface area contributed by atoms with E-state index in [4.69, 9.17) is 11.6 Å². The second-order valence-corrected chi connectivity index (χ2v) is 5.90. The van der Waals surface area contributed by atoms with E-state index >= 15 is 0 Å². The highest BCUT2D eigenvalue weighted by Gasteiger charge is 2.20. The molecule has 128 valence electrons. The van der Waals surface area contributed by atoms with Gasteiger partial charge in [-0.2, -0.15) is 8.78 Å². The maximum Gasteiger partial charge on any atom is 0.387 e. The van der Waals surface area contributed by atoms with Crippen LogP contribution >= 0.6 is 11.6 Å². The van der Waals surface area contributed by atoms with E-state index in [9.17, 15) is 18.7 Å². The number of amides is 2. The topological polar surface area (TPSA) is 70.6 Å². The minimum absolute atomic E-state index is 0.00884. The lowest BCUT2D eigenvalue weighted by atomic mass is 9.93. The predicted molar refractivity (Wildman–Crippen MR) is 81.7 cm³/mol. The van der Waals surface area contributed by atoms with Crippen molar-refractivity contribution < 1.29 is 23.4 Å². The van der Waals surface area contributed by atoms with Crippen molar-refractivity contribution in [2.45, 2.75) is 51.0 Å². The number of ether oxygens (including phenoxy) is 1. The summed E-state index contributed by atoms with van der Waals surface area (Å²) in [6.07, 6.45) is 2.45. The fourth-order valence-electron chi connectivity index (χ4n) is 2.53. The normalized spacial score (nSPS) is 21.1. The molecule has 0 saturated heterocycles. The number of aliphatic hydroxyl groups is 1. The molecule has 1 saturated carbocycles. The third-order valence-corrected chi connectivity index (χ3v) is 3.95. The summed E-state index contributed by atoms with van der Waals surface area (Å²) >= 11 is 5.84. The van der Waals surface area contributed by atoms with E-state index < -0.39 is 12.6 Å². The van der Waals surface area contributed by atoms with Gasteiger partial charge >= 0.3 is 12.6 Å². The zero-order chi connectivity index (χ0) is 16.8. The van der Waals surface area contributed by atoms with Crippen molar-refractivity contribution in [3.8, 4) is 5.75 Å². The predicted octanol–water partition coefficient (Wildman–Crippen LogP) is 3.04. The molecule has 1 aliphatic carbocycles. The Morgan fingerprint density at radius 1 is 1.35 bits per heavy atom. The molecule has 1 aromatic rings. The molecule has 2 rings (SSSR count). The van der Waals surface area contributed by atoms with Crippen LogP contribution in [-0.4, -0.2) is 29.9 Å². The molecule has 2 amide bonds. The summed E-state index contributed by atoms with van der Waals surface area (Å²) in [5.74, 6) is -0.0227. The zero-order valence-corrected chi connectivity index (χ0v) is 13.2. The lowest BCUT2D eigenvalue weighted by molar-refractivity contribution is -0.0504. The number of aliphatic hydroxyl groups excluding tert-OH is 1. The molecule has 0 spiro atoms. The molecule has 0 radical (unpaired) electrons. The van der Waals surface area contributed by atoms with Crippen molar-refractivity contribution in [3.05, 3.63) is 28.8 Å². The van der Waals surface area contributed by atoms with Crippen LogP contribution in [0.1, 0.15) is 31.2 Å². The number of halogens is 3. The monoisotopic (exact) mass is 348 g/mol. The number of benzene rings is 1. The van der Waals surface area contributed by atoms with Gasteiger partial charge in [0, 0.05) is 23.2 Å². The lowest BCUT2D eigenvalue weighted by Crippen LogP contribution is -2.43. The Bertz CT molecular complexity index is 537. The van der Waals surface area contributed by atoms with Crippen molar-refractivity contribution >= 4 is 17.6 Å². The van der Waals surface area contributed by atoms with Gasteiger partial charge in [-0.1, -0.05) is 11.6 Å². The summed E-state index contributed by atoms with van der Waals surface area (Å²) in [4.78, 5) is 11.9. The van der Waals surface area contributed by atoms with E-state index in [0.717, 1.165) is 0 Å². The SMILES string of the molecule is O=C(NCc1cc(Cl)ccc1OC(F)F)NC1CCC(O)CC1. The molecule has 0 atom stereocenters. The Hall–Kier alpha value is -1.60. The van der Waals surface area contributed by atoms with Crippen LogP contribution in [0.25, 0.3) is 0 Å². The fourth-order valence-corrected chi connectivity index (χ4v) is 2.72. The first kappa shape index (κ1) is 17.7. The summed E-state index contributed by atoms with van der Waals surface area (Å²) in [5, 5.41) is 15.2. The highest BCUT2D eigenvalue weighted by atomic mass is 35.5. The van der Waals surface area contributed by atoms with Gasteiger partial charge in [0.05, 0.1) is 6.10 Å². The number of hydrogen-bond acceptors (Lipinski definition) is 3. The van der Waals surface area contributed by atoms with Crippen LogP contribution in [0.5, 0.6) is 5.75 Å². The summed E-state index contributed by atoms with van der Waals surface area (Å²) in [6, 6.07) is 3.86. The maximum atomic E-state index is 12.4. The number of hydrogen-bond donors (Lipinski definition) is 3. The van der Waals surface area contributed by atoms with Crippen molar-refractivity contribution in [1.82, 2.24) is 10.6 Å². The fraction of sp³-hybridized carbons (Fsp3) is 0.533. The molecule has 0 unspecified atom stereocenters. The van der Waals surface area contributed by atoms with E-state index in [1.54, 1.807) is 0 Å². The summed E-state index contributed by atoms with van der Waals surface area (Å²) in [5.41, 5.74) is 0.368. The number of nitrogens with one attached hydrogen (secondary N) is 2. The van der Waals surface area contributed by atoms with Gasteiger partial charge in [0.1, 0.15) is 5.75 Å². The highest BCUT2D eigenvalue weighted by Crippen LogP contribution is 2.24. The molecule has 3 N–H and O–H groups in total. The van der Waals surface area contributed by atoms with Crippen LogP contribution in [0.3, 0.4) is 0 Å². The summed E-state index contributed by atoms with van der Waals surface area (Å²) < 4.78 is 29.1. The average Bonchev–Trinajstić information content (AvgIpc) is 2.49. The second kappa shape index (κ2) is 8.31. The van der Waals surface area contributed by atoms with Crippen LogP contribution in [-0.2, 0) is 6.54 Å². The molecule has 0 bridgehead atoms. The Morgan fingerprint density at radius 2 is 2.04 bits per heavy atom. The molecule has 8 heteroatoms. The Morgan fingerprint density at radius 3 is 2.70 bits per heavy atom. The van der Waals surface area contributed by atoms with Gasteiger partial charge in [-0.05, 0) is 43.9 Å². The third kappa shape index (κ3) is 5.84. The van der Waals surface area contributed by atoms with E-state index in [0.29, 0.717) is 36.3 Å². The van der Waals surface area contributed by atoms with Crippen molar-refractivity contribution in [1.29, 1.82) is 0 Å². The molecule has 1 aliphatic rings. The summed E-state index contributed by atoms with van der Waals surface area (Å²) in [6.45, 7) is -2.93. The van der Waals surface area contributed by atoms with Gasteiger partial charge in [0.2, 0.25) is 0 Å². The van der Waals surface area contributed by atoms with Gasteiger partial charge in [-0.3, -0.25) is 0 Å². The molecular formula is C15H19ClF2N2O3. The minimum atomic E-state index is -2.95. The van der Waals surface area contributed by atoms with E-state index in [1.807, 2.05) is 0 Å². The standard InChI is InChI=1S/C15H19ClF2N2O3/c16-10-1-6-13(23-14(17)18)9(7-10)8-19-15(22)20-11-2-4-12(21)5-3-11/h1,6-7,11-12,14,21H,2-5,8H2,(H2,19,20,22). The van der Waals surface area contributed by atoms with Crippen LogP contribution in [0.4, 0.5) is 13.6 Å². The minimum Gasteiger partial charge on any atom is -0.434 e. The lowest BCUT2D eigenvalue weighted by Gasteiger charge is -2.26. The van der Waals surface area contributed by atoms with E-state index in [1.165, 1.54) is 18.2 Å². The molecule has 0 aliphatic heterocycles. The summed E-state index contributed by atoms with van der Waals surface area (Å²) in [7, 11) is 0. The first-order chi connectivity index (χ1) is 10.9. The van der Waals surface area contributed by atoms with Gasteiger partial charge in [-0.15, -0.1) is 0 Å². The number of urea groups is 1. The molecule has 5 nitrogen and oxygen atoms in total. The molecular weight excluding hydrogens is 330 g/mol. The van der Waals surface area contributed by atoms with Crippen LogP contribution < -0.4 is 15.4 Å². The zero-order valence-electron chi connectivity index (χ0n) is 12.4. The van der Waals surface area contributed by atoms with Crippen LogP contribution in [0.15, 0.2) is 18.2 Å². The molecule has 0 aromatic heterocycles. The molecule has 1 fully saturated rings. The Labute approximate surface area is 138 Å². The smallest absolute Gasteiger partial charge is 0.387 e. The number of alkyl halides is 2. The van der Waals surface area contributed by atoms with E-state index in [-0.39, 0.29) is 24.4 Å².